The van der Waals surface area contributed by atoms with Gasteiger partial charge in [0.15, 0.2) is 16.8 Å². The number of nitrogens with zero attached hydrogens (tertiary/aromatic N) is 3. The predicted molar refractivity (Wildman–Crippen MR) is 109 cm³/mol. The van der Waals surface area contributed by atoms with Gasteiger partial charge in [-0.15, -0.1) is 10.2 Å². The lowest BCUT2D eigenvalue weighted by atomic mass is 10.1. The Morgan fingerprint density at radius 1 is 1.22 bits per heavy atom. The summed E-state index contributed by atoms with van der Waals surface area (Å²) >= 11 is 7.50. The molecule has 0 aliphatic heterocycles. The molecule has 1 heterocycles. The normalized spacial score (nSPS) is 12.0. The Bertz CT molecular complexity index is 941. The van der Waals surface area contributed by atoms with E-state index >= 15 is 0 Å². The zero-order valence-corrected chi connectivity index (χ0v) is 16.9. The first-order valence-corrected chi connectivity index (χ1v) is 9.83. The lowest BCUT2D eigenvalue weighted by Crippen LogP contribution is -2.14. The molecule has 0 saturated heterocycles. The van der Waals surface area contributed by atoms with Gasteiger partial charge >= 0.3 is 0 Å². The summed E-state index contributed by atoms with van der Waals surface area (Å²) in [5.74, 6) is 1.51. The monoisotopic (exact) mass is 401 g/mol. The average molecular weight is 402 g/mol. The number of aromatic nitrogens is 3. The lowest BCUT2D eigenvalue weighted by molar-refractivity contribution is 0.0994. The molecule has 5 nitrogen and oxygen atoms in total. The molecular weight excluding hydrogens is 382 g/mol. The van der Waals surface area contributed by atoms with Gasteiger partial charge in [-0.25, -0.2) is 0 Å². The first-order valence-electron chi connectivity index (χ1n) is 8.57. The van der Waals surface area contributed by atoms with Crippen LogP contribution in [-0.4, -0.2) is 32.9 Å². The molecule has 0 bridgehead atoms. The number of methoxy groups -OCH3 is 1. The van der Waals surface area contributed by atoms with Gasteiger partial charge in [0.05, 0.1) is 12.4 Å². The van der Waals surface area contributed by atoms with Crippen LogP contribution in [0.4, 0.5) is 0 Å². The number of benzene rings is 2. The summed E-state index contributed by atoms with van der Waals surface area (Å²) in [5.41, 5.74) is 1.55. The predicted octanol–water partition coefficient (Wildman–Crippen LogP) is 4.99. The van der Waals surface area contributed by atoms with E-state index in [1.54, 1.807) is 31.4 Å². The second-order valence-electron chi connectivity index (χ2n) is 5.91. The molecule has 3 rings (SSSR count). The van der Waals surface area contributed by atoms with Gasteiger partial charge in [-0.3, -0.25) is 4.79 Å². The second-order valence-corrected chi connectivity index (χ2v) is 7.66. The Kier molecular flexibility index (Phi) is 6.19. The summed E-state index contributed by atoms with van der Waals surface area (Å²) in [7, 11) is 1.60. The topological polar surface area (TPSA) is 57.0 Å². The van der Waals surface area contributed by atoms with E-state index in [4.69, 9.17) is 16.3 Å². The van der Waals surface area contributed by atoms with Gasteiger partial charge in [0.25, 0.3) is 0 Å². The zero-order valence-electron chi connectivity index (χ0n) is 15.3. The van der Waals surface area contributed by atoms with Gasteiger partial charge in [-0.05, 0) is 50.2 Å². The number of rotatable bonds is 7. The minimum atomic E-state index is -0.292. The van der Waals surface area contributed by atoms with Crippen LogP contribution < -0.4 is 4.74 Å². The fourth-order valence-corrected chi connectivity index (χ4v) is 3.88. The highest BCUT2D eigenvalue weighted by atomic mass is 35.5. The molecule has 0 unspecified atom stereocenters. The number of carbonyl (C=O) groups excluding carboxylic acids is 1. The summed E-state index contributed by atoms with van der Waals surface area (Å²) in [6.07, 6.45) is 0. The molecule has 0 saturated carbocycles. The number of ether oxygens (including phenoxy) is 1. The van der Waals surface area contributed by atoms with Crippen molar-refractivity contribution in [1.29, 1.82) is 0 Å². The van der Waals surface area contributed by atoms with Crippen LogP contribution in [0.2, 0.25) is 5.02 Å². The number of hydrogen-bond donors (Lipinski definition) is 0. The number of hydrogen-bond acceptors (Lipinski definition) is 5. The third-order valence-electron chi connectivity index (χ3n) is 4.14. The first-order chi connectivity index (χ1) is 13.0. The van der Waals surface area contributed by atoms with E-state index in [9.17, 15) is 4.79 Å². The van der Waals surface area contributed by atoms with Crippen molar-refractivity contribution in [3.63, 3.8) is 0 Å². The van der Waals surface area contributed by atoms with Gasteiger partial charge in [-0.2, -0.15) is 0 Å². The van der Waals surface area contributed by atoms with Crippen LogP contribution in [0.5, 0.6) is 5.75 Å². The number of thioether (sulfide) groups is 1. The van der Waals surface area contributed by atoms with Crippen molar-refractivity contribution in [2.75, 3.05) is 7.11 Å². The van der Waals surface area contributed by atoms with Crippen molar-refractivity contribution in [1.82, 2.24) is 14.8 Å². The van der Waals surface area contributed by atoms with E-state index in [0.717, 1.165) is 17.1 Å². The highest BCUT2D eigenvalue weighted by Crippen LogP contribution is 2.29. The molecule has 0 N–H and O–H groups in total. The van der Waals surface area contributed by atoms with Crippen LogP contribution in [0.1, 0.15) is 24.2 Å². The minimum Gasteiger partial charge on any atom is -0.497 e. The largest absolute Gasteiger partial charge is 0.497 e. The Balaban J connectivity index is 1.81. The van der Waals surface area contributed by atoms with Gasteiger partial charge in [0.1, 0.15) is 5.75 Å². The quantitative estimate of drug-likeness (QED) is 0.412. The Labute approximate surface area is 167 Å². The third-order valence-corrected chi connectivity index (χ3v) is 5.46. The lowest BCUT2D eigenvalue weighted by Gasteiger charge is -2.12. The molecule has 0 radical (unpaired) electrons. The van der Waals surface area contributed by atoms with Gasteiger partial charge in [0, 0.05) is 22.7 Å². The maximum absolute atomic E-state index is 12.7. The number of carbonyl (C=O) groups is 1. The van der Waals surface area contributed by atoms with Crippen molar-refractivity contribution in [3.05, 3.63) is 59.1 Å². The van der Waals surface area contributed by atoms with Crippen molar-refractivity contribution >= 4 is 29.1 Å². The average Bonchev–Trinajstić information content (AvgIpc) is 3.10. The van der Waals surface area contributed by atoms with Crippen molar-refractivity contribution in [2.24, 2.45) is 0 Å². The Hall–Kier alpha value is -2.31. The standard InChI is InChI=1S/C20H20ClN3O2S/c1-4-24-19(15-6-5-7-16(21)12-15)22-23-20(24)27-13(2)18(25)14-8-10-17(26-3)11-9-14/h5-13H,4H2,1-3H3/t13-/m0/s1. The maximum atomic E-state index is 12.7. The second kappa shape index (κ2) is 8.59. The van der Waals surface area contributed by atoms with Gasteiger partial charge < -0.3 is 9.30 Å². The number of ketones is 1. The third kappa shape index (κ3) is 4.34. The van der Waals surface area contributed by atoms with Gasteiger partial charge in [-0.1, -0.05) is 35.5 Å². The van der Waals surface area contributed by atoms with Crippen molar-refractivity contribution in [3.8, 4) is 17.1 Å². The molecule has 1 aromatic heterocycles. The molecule has 0 aliphatic rings. The van der Waals surface area contributed by atoms with Gasteiger partial charge in [0.2, 0.25) is 0 Å². The van der Waals surface area contributed by atoms with Crippen molar-refractivity contribution < 1.29 is 9.53 Å². The smallest absolute Gasteiger partial charge is 0.192 e. The van der Waals surface area contributed by atoms with Crippen LogP contribution in [0.25, 0.3) is 11.4 Å². The minimum absolute atomic E-state index is 0.0395. The fourth-order valence-electron chi connectivity index (χ4n) is 2.70. The number of Topliss-reactive ketones (excluding diaryl/α,β-unsaturated/α-hetero) is 1. The highest BCUT2D eigenvalue weighted by Gasteiger charge is 2.21. The first kappa shape index (κ1) is 19.5. The van der Waals surface area contributed by atoms with Crippen LogP contribution in [0, 0.1) is 0 Å². The summed E-state index contributed by atoms with van der Waals surface area (Å²) in [6, 6.07) is 14.6. The highest BCUT2D eigenvalue weighted by molar-refractivity contribution is 8.00. The summed E-state index contributed by atoms with van der Waals surface area (Å²) in [5, 5.41) is 9.68. The van der Waals surface area contributed by atoms with E-state index in [1.807, 2.05) is 42.7 Å². The molecule has 7 heteroatoms. The van der Waals surface area contributed by atoms with Crippen LogP contribution in [0.3, 0.4) is 0 Å². The maximum Gasteiger partial charge on any atom is 0.192 e. The molecule has 1 atom stereocenters. The Morgan fingerprint density at radius 2 is 1.96 bits per heavy atom. The fraction of sp³-hybridized carbons (Fsp3) is 0.250. The molecule has 0 fully saturated rings. The van der Waals surface area contributed by atoms with Crippen LogP contribution in [-0.2, 0) is 6.54 Å². The van der Waals surface area contributed by atoms with E-state index in [2.05, 4.69) is 10.2 Å². The molecule has 0 spiro atoms. The molecule has 0 amide bonds. The Morgan fingerprint density at radius 3 is 2.59 bits per heavy atom. The molecule has 27 heavy (non-hydrogen) atoms. The van der Waals surface area contributed by atoms with Crippen molar-refractivity contribution in [2.45, 2.75) is 30.8 Å². The molecule has 2 aromatic carbocycles. The molecule has 140 valence electrons. The summed E-state index contributed by atoms with van der Waals surface area (Å²) < 4.78 is 7.14. The van der Waals surface area contributed by atoms with E-state index in [0.29, 0.717) is 22.3 Å². The summed E-state index contributed by atoms with van der Waals surface area (Å²) in [6.45, 7) is 4.60. The SMILES string of the molecule is CCn1c(S[C@@H](C)C(=O)c2ccc(OC)cc2)nnc1-c1cccc(Cl)c1. The van der Waals surface area contributed by atoms with E-state index in [1.165, 1.54) is 11.8 Å². The van der Waals surface area contributed by atoms with E-state index < -0.39 is 0 Å². The zero-order chi connectivity index (χ0) is 19.4. The molecular formula is C20H20ClN3O2S. The van der Waals surface area contributed by atoms with Crippen LogP contribution >= 0.6 is 23.4 Å². The molecule has 0 aliphatic carbocycles. The number of halogens is 1. The van der Waals surface area contributed by atoms with Crippen LogP contribution in [0.15, 0.2) is 53.7 Å². The summed E-state index contributed by atoms with van der Waals surface area (Å²) in [4.78, 5) is 12.7. The molecule has 3 aromatic rings. The van der Waals surface area contributed by atoms with E-state index in [-0.39, 0.29) is 11.0 Å².